The monoisotopic (exact) mass is 207 g/mol. The molecule has 2 heteroatoms. The third-order valence-corrected chi connectivity index (χ3v) is 4.08. The quantitative estimate of drug-likeness (QED) is 0.747. The second-order valence-corrected chi connectivity index (χ2v) is 4.93. The SMILES string of the molecule is Cc1ccc(C2C3CNCC32)cc1Cl. The minimum atomic E-state index is 0.786. The second-order valence-electron chi connectivity index (χ2n) is 4.52. The van der Waals surface area contributed by atoms with Crippen LogP contribution in [-0.2, 0) is 0 Å². The highest BCUT2D eigenvalue weighted by Crippen LogP contribution is 2.56. The van der Waals surface area contributed by atoms with E-state index in [0.29, 0.717) is 0 Å². The van der Waals surface area contributed by atoms with Gasteiger partial charge in [-0.3, -0.25) is 0 Å². The van der Waals surface area contributed by atoms with E-state index in [2.05, 4.69) is 30.4 Å². The van der Waals surface area contributed by atoms with Crippen molar-refractivity contribution in [1.29, 1.82) is 0 Å². The minimum absolute atomic E-state index is 0.786. The average Bonchev–Trinajstić information content (AvgIpc) is 2.66. The summed E-state index contributed by atoms with van der Waals surface area (Å²) in [5.41, 5.74) is 2.62. The van der Waals surface area contributed by atoms with Gasteiger partial charge in [-0.05, 0) is 55.0 Å². The van der Waals surface area contributed by atoms with Crippen molar-refractivity contribution >= 4 is 11.6 Å². The van der Waals surface area contributed by atoms with E-state index >= 15 is 0 Å². The Kier molecular flexibility index (Phi) is 1.86. The molecule has 1 heterocycles. The van der Waals surface area contributed by atoms with Crippen molar-refractivity contribution < 1.29 is 0 Å². The van der Waals surface area contributed by atoms with Crippen molar-refractivity contribution in [2.24, 2.45) is 11.8 Å². The lowest BCUT2D eigenvalue weighted by atomic mass is 10.1. The fraction of sp³-hybridized carbons (Fsp3) is 0.500. The molecule has 1 N–H and O–H groups in total. The number of nitrogens with one attached hydrogen (secondary N) is 1. The number of fused-ring (bicyclic) bond motifs is 1. The largest absolute Gasteiger partial charge is 0.316 e. The van der Waals surface area contributed by atoms with Crippen molar-refractivity contribution in [2.45, 2.75) is 12.8 Å². The smallest absolute Gasteiger partial charge is 0.0438 e. The van der Waals surface area contributed by atoms with Gasteiger partial charge in [-0.1, -0.05) is 23.7 Å². The Bertz CT molecular complexity index is 365. The highest BCUT2D eigenvalue weighted by atomic mass is 35.5. The molecule has 3 rings (SSSR count). The Morgan fingerprint density at radius 2 is 2.00 bits per heavy atom. The molecule has 1 aliphatic heterocycles. The summed E-state index contributed by atoms with van der Waals surface area (Å²) < 4.78 is 0. The van der Waals surface area contributed by atoms with Crippen LogP contribution in [0.1, 0.15) is 17.0 Å². The summed E-state index contributed by atoms with van der Waals surface area (Å²) in [4.78, 5) is 0. The van der Waals surface area contributed by atoms with Gasteiger partial charge in [0.05, 0.1) is 0 Å². The maximum absolute atomic E-state index is 6.13. The molecular weight excluding hydrogens is 194 g/mol. The predicted octanol–water partition coefficient (Wildman–Crippen LogP) is 2.58. The number of piperidine rings is 1. The van der Waals surface area contributed by atoms with Crippen LogP contribution >= 0.6 is 11.6 Å². The van der Waals surface area contributed by atoms with Crippen molar-refractivity contribution in [2.75, 3.05) is 13.1 Å². The van der Waals surface area contributed by atoms with E-state index in [0.717, 1.165) is 22.8 Å². The lowest BCUT2D eigenvalue weighted by Crippen LogP contribution is -2.13. The molecule has 0 bridgehead atoms. The Hall–Kier alpha value is -0.530. The van der Waals surface area contributed by atoms with Gasteiger partial charge in [0, 0.05) is 5.02 Å². The van der Waals surface area contributed by atoms with Gasteiger partial charge < -0.3 is 5.32 Å². The topological polar surface area (TPSA) is 12.0 Å². The molecular formula is C12H14ClN. The van der Waals surface area contributed by atoms with Gasteiger partial charge >= 0.3 is 0 Å². The standard InChI is InChI=1S/C12H14ClN/c1-7-2-3-8(4-11(7)13)12-9-5-14-6-10(9)12/h2-4,9-10,12,14H,5-6H2,1H3. The number of benzene rings is 1. The zero-order valence-electron chi connectivity index (χ0n) is 8.26. The molecule has 1 saturated carbocycles. The first kappa shape index (κ1) is 8.75. The fourth-order valence-electron chi connectivity index (χ4n) is 2.73. The van der Waals surface area contributed by atoms with Crippen LogP contribution in [0.5, 0.6) is 0 Å². The molecule has 2 atom stereocenters. The van der Waals surface area contributed by atoms with E-state index in [1.54, 1.807) is 0 Å². The summed E-state index contributed by atoms with van der Waals surface area (Å²) in [5, 5.41) is 4.33. The lowest BCUT2D eigenvalue weighted by Gasteiger charge is -2.06. The number of aryl methyl sites for hydroxylation is 1. The van der Waals surface area contributed by atoms with E-state index in [9.17, 15) is 0 Å². The summed E-state index contributed by atoms with van der Waals surface area (Å²) in [6, 6.07) is 6.53. The molecule has 0 radical (unpaired) electrons. The molecule has 1 nitrogen and oxygen atoms in total. The summed E-state index contributed by atoms with van der Waals surface area (Å²) in [6.07, 6.45) is 0. The Labute approximate surface area is 89.5 Å². The number of halogens is 1. The predicted molar refractivity (Wildman–Crippen MR) is 58.8 cm³/mol. The first-order chi connectivity index (χ1) is 6.77. The summed E-state index contributed by atoms with van der Waals surface area (Å²) in [5.74, 6) is 2.55. The van der Waals surface area contributed by atoms with Crippen molar-refractivity contribution in [3.63, 3.8) is 0 Å². The molecule has 14 heavy (non-hydrogen) atoms. The van der Waals surface area contributed by atoms with Crippen molar-refractivity contribution in [3.05, 3.63) is 34.3 Å². The molecule has 0 amide bonds. The number of rotatable bonds is 1. The van der Waals surface area contributed by atoms with Crippen LogP contribution in [0, 0.1) is 18.8 Å². The number of hydrogen-bond donors (Lipinski definition) is 1. The highest BCUT2D eigenvalue weighted by Gasteiger charge is 2.53. The minimum Gasteiger partial charge on any atom is -0.316 e. The Morgan fingerprint density at radius 1 is 1.29 bits per heavy atom. The van der Waals surface area contributed by atoms with Crippen LogP contribution in [0.2, 0.25) is 5.02 Å². The van der Waals surface area contributed by atoms with E-state index < -0.39 is 0 Å². The van der Waals surface area contributed by atoms with E-state index in [1.165, 1.54) is 24.2 Å². The molecule has 74 valence electrons. The lowest BCUT2D eigenvalue weighted by molar-refractivity contribution is 0.684. The second kappa shape index (κ2) is 2.98. The molecule has 1 aromatic rings. The van der Waals surface area contributed by atoms with Crippen LogP contribution in [0.3, 0.4) is 0 Å². The summed E-state index contributed by atoms with van der Waals surface area (Å²) in [7, 11) is 0. The van der Waals surface area contributed by atoms with Gasteiger partial charge in [0.25, 0.3) is 0 Å². The molecule has 1 aliphatic carbocycles. The van der Waals surface area contributed by atoms with Gasteiger partial charge in [0.1, 0.15) is 0 Å². The van der Waals surface area contributed by atoms with Crippen molar-refractivity contribution in [3.8, 4) is 0 Å². The van der Waals surface area contributed by atoms with E-state index in [1.807, 2.05) is 0 Å². The molecule has 0 aromatic heterocycles. The van der Waals surface area contributed by atoms with E-state index in [-0.39, 0.29) is 0 Å². The normalized spacial score (nSPS) is 34.3. The third kappa shape index (κ3) is 1.19. The zero-order chi connectivity index (χ0) is 9.71. The van der Waals surface area contributed by atoms with Gasteiger partial charge in [0.15, 0.2) is 0 Å². The van der Waals surface area contributed by atoms with Crippen LogP contribution in [0.4, 0.5) is 0 Å². The molecule has 0 spiro atoms. The molecule has 2 fully saturated rings. The van der Waals surface area contributed by atoms with Crippen LogP contribution in [0.25, 0.3) is 0 Å². The van der Waals surface area contributed by atoms with Crippen LogP contribution in [0.15, 0.2) is 18.2 Å². The fourth-order valence-corrected chi connectivity index (χ4v) is 2.92. The molecule has 1 aromatic carbocycles. The molecule has 1 saturated heterocycles. The average molecular weight is 208 g/mol. The third-order valence-electron chi connectivity index (χ3n) is 3.67. The van der Waals surface area contributed by atoms with Gasteiger partial charge in [-0.2, -0.15) is 0 Å². The van der Waals surface area contributed by atoms with Gasteiger partial charge in [-0.25, -0.2) is 0 Å². The summed E-state index contributed by atoms with van der Waals surface area (Å²) >= 11 is 6.13. The molecule has 2 unspecified atom stereocenters. The maximum Gasteiger partial charge on any atom is 0.0438 e. The highest BCUT2D eigenvalue weighted by molar-refractivity contribution is 6.31. The van der Waals surface area contributed by atoms with Crippen LogP contribution in [-0.4, -0.2) is 13.1 Å². The first-order valence-electron chi connectivity index (χ1n) is 5.24. The zero-order valence-corrected chi connectivity index (χ0v) is 9.01. The maximum atomic E-state index is 6.13. The first-order valence-corrected chi connectivity index (χ1v) is 5.62. The van der Waals surface area contributed by atoms with Crippen LogP contribution < -0.4 is 5.32 Å². The Balaban J connectivity index is 1.88. The number of hydrogen-bond acceptors (Lipinski definition) is 1. The van der Waals surface area contributed by atoms with Crippen molar-refractivity contribution in [1.82, 2.24) is 5.32 Å². The molecule has 2 aliphatic rings. The van der Waals surface area contributed by atoms with Gasteiger partial charge in [-0.15, -0.1) is 0 Å². The summed E-state index contributed by atoms with van der Waals surface area (Å²) in [6.45, 7) is 4.45. The Morgan fingerprint density at radius 3 is 2.64 bits per heavy atom. The van der Waals surface area contributed by atoms with Gasteiger partial charge in [0.2, 0.25) is 0 Å². The van der Waals surface area contributed by atoms with E-state index in [4.69, 9.17) is 11.6 Å².